The molecule has 2 fully saturated rings. The van der Waals surface area contributed by atoms with E-state index in [1.165, 1.54) is 41.7 Å². The molecule has 4 heterocycles. The van der Waals surface area contributed by atoms with Gasteiger partial charge in [-0.2, -0.15) is 0 Å². The molecule has 6 rings (SSSR count). The van der Waals surface area contributed by atoms with Gasteiger partial charge in [-0.05, 0) is 101 Å². The van der Waals surface area contributed by atoms with Gasteiger partial charge in [0.2, 0.25) is 53.2 Å². The van der Waals surface area contributed by atoms with Crippen LogP contribution in [0.4, 0.5) is 4.79 Å². The summed E-state index contributed by atoms with van der Waals surface area (Å²) in [5.41, 5.74) is 21.4. The number of carbonyl (C=O) groups excluding carboxylic acids is 12. The van der Waals surface area contributed by atoms with E-state index in [1.54, 1.807) is 65.1 Å². The first-order chi connectivity index (χ1) is 47.2. The number of nitrogens with two attached hydrogens (primary N) is 3. The number of hydrogen-bond acceptors (Lipinski definition) is 19. The predicted octanol–water partition coefficient (Wildman–Crippen LogP) is -3.08. The largest absolute Gasteiger partial charge is 0.508 e. The van der Waals surface area contributed by atoms with Crippen LogP contribution in [0.1, 0.15) is 110 Å². The summed E-state index contributed by atoms with van der Waals surface area (Å²) < 4.78 is 11.4. The number of hydrazine groups is 1. The van der Waals surface area contributed by atoms with E-state index in [0.29, 0.717) is 34.1 Å². The number of aromatic nitrogens is 3. The number of amides is 12. The Kier molecular flexibility index (Phi) is 30.5. The number of ether oxygens (including phenoxy) is 2. The molecule has 10 atom stereocenters. The SMILES string of the molecule is CC(=O)O.CC(C)C[C@H](NC(=O)[C@@H](COC(C)(C)C)NC(=O)[C@H](Cc1ccc(O)cc1)NC(=O)[C@H](COC(=O)C(C)O)NC(=O)[C@H](Cc1c[nH]c2ccccc12)NC(=O)[C@H](Cc1cnc[nH]1)NC(=O)[C@@H]1CCC(=O)N1)C(=O)N[C@@H](CCCN=C(N)N)C(=O)N1CCC[C@H]1C(=O)NNC(N)=O. The minimum atomic E-state index is -1.92. The van der Waals surface area contributed by atoms with Gasteiger partial charge in [-0.1, -0.05) is 44.2 Å². The number of likely N-dealkylation sites (tertiary alicyclic amines) is 1. The van der Waals surface area contributed by atoms with Gasteiger partial charge in [-0.15, -0.1) is 0 Å². The number of phenolic OH excluding ortho intramolecular Hbond substituents is 1. The van der Waals surface area contributed by atoms with Crippen molar-refractivity contribution >= 4 is 93.9 Å². The average Bonchev–Trinajstić information content (AvgIpc) is 1.60. The van der Waals surface area contributed by atoms with E-state index in [4.69, 9.17) is 36.6 Å². The Bertz CT molecular complexity index is 3530. The summed E-state index contributed by atoms with van der Waals surface area (Å²) in [4.78, 5) is 190. The number of hydrogen-bond donors (Lipinski definition) is 18. The zero-order chi connectivity index (χ0) is 74.0. The van der Waals surface area contributed by atoms with Crippen molar-refractivity contribution in [3.63, 3.8) is 0 Å². The molecule has 0 spiro atoms. The lowest BCUT2D eigenvalue weighted by Gasteiger charge is -2.31. The lowest BCUT2D eigenvalue weighted by atomic mass is 10.0. The first kappa shape index (κ1) is 79.8. The lowest BCUT2D eigenvalue weighted by molar-refractivity contribution is -0.154. The number of carboxylic acids is 1. The Morgan fingerprint density at radius 2 is 1.28 bits per heavy atom. The number of primary amides is 1. The third-order valence-corrected chi connectivity index (χ3v) is 15.4. The van der Waals surface area contributed by atoms with E-state index in [1.807, 2.05) is 5.43 Å². The number of benzene rings is 2. The minimum Gasteiger partial charge on any atom is -0.508 e. The second-order valence-corrected chi connectivity index (χ2v) is 25.3. The van der Waals surface area contributed by atoms with Crippen LogP contribution >= 0.6 is 0 Å². The van der Waals surface area contributed by atoms with Gasteiger partial charge < -0.3 is 99.4 Å². The molecule has 4 aromatic rings. The number of nitrogens with one attached hydrogen (secondary N) is 12. The topological polar surface area (TPSA) is 559 Å². The van der Waals surface area contributed by atoms with Gasteiger partial charge in [0, 0.05) is 74.7 Å². The number of aliphatic carboxylic acids is 1. The highest BCUT2D eigenvalue weighted by molar-refractivity contribution is 6.00. The average molecular weight is 1400 g/mol. The van der Waals surface area contributed by atoms with E-state index in [0.717, 1.165) is 13.8 Å². The van der Waals surface area contributed by atoms with Crippen LogP contribution in [0.3, 0.4) is 0 Å². The number of aromatic hydroxyl groups is 1. The van der Waals surface area contributed by atoms with E-state index in [-0.39, 0.29) is 94.4 Å². The molecule has 100 heavy (non-hydrogen) atoms. The molecule has 0 aliphatic carbocycles. The van der Waals surface area contributed by atoms with Gasteiger partial charge in [0.05, 0.1) is 18.5 Å². The van der Waals surface area contributed by atoms with Gasteiger partial charge >= 0.3 is 12.0 Å². The van der Waals surface area contributed by atoms with Crippen molar-refractivity contribution in [1.82, 2.24) is 73.2 Å². The fourth-order valence-electron chi connectivity index (χ4n) is 10.5. The maximum absolute atomic E-state index is 15.0. The number of guanidine groups is 1. The summed E-state index contributed by atoms with van der Waals surface area (Å²) in [5, 5.41) is 49.6. The number of phenols is 1. The summed E-state index contributed by atoms with van der Waals surface area (Å²) >= 11 is 0. The van der Waals surface area contributed by atoms with Crippen molar-refractivity contribution in [2.75, 3.05) is 26.3 Å². The van der Waals surface area contributed by atoms with Gasteiger partial charge in [-0.3, -0.25) is 63.2 Å². The number of H-pyrrole nitrogens is 2. The number of imidazole rings is 1. The number of aliphatic hydroxyl groups is 1. The normalized spacial score (nSPS) is 16.5. The third-order valence-electron chi connectivity index (χ3n) is 15.4. The number of nitrogens with zero attached hydrogens (tertiary/aromatic N) is 3. The molecule has 2 aromatic heterocycles. The molecule has 2 aromatic carbocycles. The Morgan fingerprint density at radius 1 is 0.710 bits per heavy atom. The molecule has 2 aliphatic rings. The third kappa shape index (κ3) is 26.5. The second-order valence-electron chi connectivity index (χ2n) is 25.3. The van der Waals surface area contributed by atoms with Crippen LogP contribution in [0.15, 0.2) is 72.2 Å². The number of carboxylic acid groups (broad SMARTS) is 1. The highest BCUT2D eigenvalue weighted by Gasteiger charge is 2.41. The molecule has 36 nitrogen and oxygen atoms in total. The number of rotatable bonds is 33. The fourth-order valence-corrected chi connectivity index (χ4v) is 10.5. The molecule has 2 saturated heterocycles. The fraction of sp³-hybridized carbons (Fsp3) is 0.516. The zero-order valence-electron chi connectivity index (χ0n) is 56.6. The smallest absolute Gasteiger partial charge is 0.334 e. The van der Waals surface area contributed by atoms with Crippen molar-refractivity contribution in [1.29, 1.82) is 0 Å². The van der Waals surface area contributed by atoms with Gasteiger partial charge in [-0.25, -0.2) is 20.0 Å². The maximum atomic E-state index is 15.0. The van der Waals surface area contributed by atoms with E-state index >= 15 is 0 Å². The standard InChI is InChI=1S/C62H88N18O16.C2H4O2/c1-32(2)23-42(51(85)71-41(13-9-21-67-60(63)64)58(92)80-22-10-14-48(80)57(91)78-79-61(65)94)72-56(90)47(30-96-62(4,5)6)77-52(86)43(24-34-15-17-37(82)18-16-34)73-55(89)46(29-95-59(93)33(3)81)76-53(87)44(25-35-27-68-39-12-8-7-11-38(35)39)74-54(88)45(26-36-28-66-31-69-36)75-50(84)40-19-20-49(83)70-40;1-2(3)4/h7-8,11-12,15-18,27-28,31-33,40-48,68,81-82H,9-10,13-14,19-26,29-30H2,1-6H3,(H,66,69)(H,70,83)(H,71,85)(H,72,90)(H,73,89)(H,74,88)(H,75,84)(H,76,87)(H,77,86)(H,78,91)(H4,63,64,67)(H3,65,79,94);1H3,(H,3,4)/t33?,40-,41-,42-,43-,44-,45-,46-,47+,48-;/m0./s1. The number of urea groups is 1. The van der Waals surface area contributed by atoms with Crippen LogP contribution in [0.2, 0.25) is 0 Å². The molecule has 1 unspecified atom stereocenters. The molecule has 0 bridgehead atoms. The molecule has 36 heteroatoms. The zero-order valence-corrected chi connectivity index (χ0v) is 56.6. The summed E-state index contributed by atoms with van der Waals surface area (Å²) in [6.45, 7) is 9.36. The van der Waals surface area contributed by atoms with E-state index < -0.39 is 150 Å². The lowest BCUT2D eigenvalue weighted by Crippen LogP contribution is -2.62. The molecular weight excluding hydrogens is 1310 g/mol. The number of esters is 1. The van der Waals surface area contributed by atoms with Gasteiger partial charge in [0.15, 0.2) is 5.96 Å². The Balaban J connectivity index is 0.00000438. The summed E-state index contributed by atoms with van der Waals surface area (Å²) in [6, 6.07) is -1.46. The Morgan fingerprint density at radius 3 is 1.85 bits per heavy atom. The minimum absolute atomic E-state index is 0.0248. The number of carbonyl (C=O) groups is 13. The van der Waals surface area contributed by atoms with Crippen LogP contribution in [0, 0.1) is 5.92 Å². The quantitative estimate of drug-likeness (QED) is 0.00739. The Labute approximate surface area is 575 Å². The molecule has 21 N–H and O–H groups in total. The first-order valence-electron chi connectivity index (χ1n) is 32.3. The molecule has 2 aliphatic heterocycles. The van der Waals surface area contributed by atoms with Crippen LogP contribution in [0.5, 0.6) is 5.75 Å². The molecule has 0 radical (unpaired) electrons. The van der Waals surface area contributed by atoms with Crippen LogP contribution in [-0.2, 0) is 86.3 Å². The van der Waals surface area contributed by atoms with Crippen molar-refractivity contribution in [3.8, 4) is 5.75 Å². The summed E-state index contributed by atoms with van der Waals surface area (Å²) in [5.74, 6) is -11.1. The molecule has 12 amide bonds. The number of para-hydroxylation sites is 1. The predicted molar refractivity (Wildman–Crippen MR) is 357 cm³/mol. The Hall–Kier alpha value is -10.9. The highest BCUT2D eigenvalue weighted by Crippen LogP contribution is 2.23. The van der Waals surface area contributed by atoms with E-state index in [2.05, 4.69) is 67.9 Å². The van der Waals surface area contributed by atoms with E-state index in [9.17, 15) is 67.7 Å². The second kappa shape index (κ2) is 38.3. The number of aliphatic hydroxyl groups excluding tert-OH is 1. The first-order valence-corrected chi connectivity index (χ1v) is 32.3. The summed E-state index contributed by atoms with van der Waals surface area (Å²) in [6.07, 6.45) is 2.78. The van der Waals surface area contributed by atoms with Crippen LogP contribution in [0.25, 0.3) is 10.9 Å². The summed E-state index contributed by atoms with van der Waals surface area (Å²) in [7, 11) is 0. The van der Waals surface area contributed by atoms with Crippen LogP contribution in [-0.4, -0.2) is 211 Å². The number of fused-ring (bicyclic) bond motifs is 1. The van der Waals surface area contributed by atoms with Crippen LogP contribution < -0.4 is 70.6 Å². The monoisotopic (exact) mass is 1400 g/mol. The van der Waals surface area contributed by atoms with Crippen molar-refractivity contribution < 1.29 is 87.1 Å². The van der Waals surface area contributed by atoms with Gasteiger partial charge in [0.1, 0.15) is 72.8 Å². The van der Waals surface area contributed by atoms with Crippen molar-refractivity contribution in [2.24, 2.45) is 28.1 Å². The molecule has 0 saturated carbocycles. The van der Waals surface area contributed by atoms with Gasteiger partial charge in [0.25, 0.3) is 11.9 Å². The number of aromatic amines is 2. The molecule has 546 valence electrons. The van der Waals surface area contributed by atoms with Crippen molar-refractivity contribution in [3.05, 3.63) is 84.1 Å². The molecular formula is C64H92N18O18. The maximum Gasteiger partial charge on any atom is 0.334 e. The highest BCUT2D eigenvalue weighted by atomic mass is 16.5. The number of aliphatic imine (C=N–C) groups is 1. The van der Waals surface area contributed by atoms with Crippen molar-refractivity contribution in [2.45, 2.75) is 179 Å².